The molecule has 2 aromatic heterocycles. The highest BCUT2D eigenvalue weighted by atomic mass is 32.2. The molecule has 0 unspecified atom stereocenters. The van der Waals surface area contributed by atoms with Gasteiger partial charge in [-0.3, -0.25) is 19.4 Å². The van der Waals surface area contributed by atoms with Gasteiger partial charge >= 0.3 is 5.97 Å². The molecular formula is C9H8N4O4S. The van der Waals surface area contributed by atoms with Crippen molar-refractivity contribution in [3.8, 4) is 0 Å². The number of H-pyrrole nitrogens is 2. The van der Waals surface area contributed by atoms with Gasteiger partial charge in [0.05, 0.1) is 5.75 Å². The Kier molecular flexibility index (Phi) is 3.15. The van der Waals surface area contributed by atoms with Crippen molar-refractivity contribution in [2.24, 2.45) is 0 Å². The van der Waals surface area contributed by atoms with Crippen LogP contribution in [0, 0.1) is 6.92 Å². The van der Waals surface area contributed by atoms with E-state index in [-0.39, 0.29) is 27.8 Å². The Morgan fingerprint density at radius 3 is 2.67 bits per heavy atom. The van der Waals surface area contributed by atoms with E-state index in [9.17, 15) is 14.4 Å². The molecule has 0 bridgehead atoms. The second-order valence-corrected chi connectivity index (χ2v) is 4.37. The molecule has 0 aromatic carbocycles. The van der Waals surface area contributed by atoms with Gasteiger partial charge in [0, 0.05) is 0 Å². The molecule has 0 aliphatic carbocycles. The highest BCUT2D eigenvalue weighted by Crippen LogP contribution is 2.11. The third-order valence-electron chi connectivity index (χ3n) is 2.05. The molecule has 2 heterocycles. The van der Waals surface area contributed by atoms with Crippen LogP contribution in [0.1, 0.15) is 5.69 Å². The smallest absolute Gasteiger partial charge is 0.313 e. The molecule has 0 atom stereocenters. The van der Waals surface area contributed by atoms with E-state index >= 15 is 0 Å². The van der Waals surface area contributed by atoms with E-state index in [0.717, 1.165) is 11.8 Å². The monoisotopic (exact) mass is 268 g/mol. The quantitative estimate of drug-likeness (QED) is 0.505. The predicted octanol–water partition coefficient (Wildman–Crippen LogP) is -0.508. The van der Waals surface area contributed by atoms with Crippen molar-refractivity contribution in [2.75, 3.05) is 5.75 Å². The summed E-state index contributed by atoms with van der Waals surface area (Å²) in [4.78, 5) is 46.0. The Balaban J connectivity index is 2.55. The number of fused-ring (bicyclic) bond motifs is 1. The Bertz CT molecular complexity index is 735. The maximum absolute atomic E-state index is 11.7. The Morgan fingerprint density at radius 2 is 2.00 bits per heavy atom. The van der Waals surface area contributed by atoms with E-state index in [4.69, 9.17) is 5.11 Å². The van der Waals surface area contributed by atoms with Gasteiger partial charge in [0.1, 0.15) is 5.69 Å². The number of hydrogen-bond acceptors (Lipinski definition) is 6. The van der Waals surface area contributed by atoms with Crippen LogP contribution in [0.2, 0.25) is 0 Å². The number of rotatable bonds is 3. The summed E-state index contributed by atoms with van der Waals surface area (Å²) in [5, 5.41) is 8.65. The molecule has 3 N–H and O–H groups in total. The van der Waals surface area contributed by atoms with Crippen LogP contribution in [-0.2, 0) is 4.79 Å². The van der Waals surface area contributed by atoms with Crippen LogP contribution in [0.5, 0.6) is 0 Å². The van der Waals surface area contributed by atoms with Gasteiger partial charge in [-0.2, -0.15) is 0 Å². The molecular weight excluding hydrogens is 260 g/mol. The average Bonchev–Trinajstić information content (AvgIpc) is 2.29. The fourth-order valence-electron chi connectivity index (χ4n) is 1.25. The van der Waals surface area contributed by atoms with Gasteiger partial charge < -0.3 is 10.1 Å². The maximum atomic E-state index is 11.7. The first-order valence-corrected chi connectivity index (χ1v) is 5.81. The predicted molar refractivity (Wildman–Crippen MR) is 63.9 cm³/mol. The molecule has 0 spiro atoms. The van der Waals surface area contributed by atoms with Gasteiger partial charge in [-0.15, -0.1) is 0 Å². The van der Waals surface area contributed by atoms with Crippen LogP contribution in [0.3, 0.4) is 0 Å². The topological polar surface area (TPSA) is 129 Å². The Morgan fingerprint density at radius 1 is 1.28 bits per heavy atom. The number of aliphatic carboxylic acids is 1. The summed E-state index contributed by atoms with van der Waals surface area (Å²) in [5.41, 5.74) is -0.725. The lowest BCUT2D eigenvalue weighted by Gasteiger charge is -2.01. The molecule has 2 aromatic rings. The summed E-state index contributed by atoms with van der Waals surface area (Å²) in [6, 6.07) is 0. The summed E-state index contributed by atoms with van der Waals surface area (Å²) < 4.78 is 0. The van der Waals surface area contributed by atoms with Crippen LogP contribution in [0.15, 0.2) is 14.7 Å². The van der Waals surface area contributed by atoms with E-state index in [1.54, 1.807) is 0 Å². The molecule has 8 nitrogen and oxygen atoms in total. The number of nitrogens with zero attached hydrogens (tertiary/aromatic N) is 2. The van der Waals surface area contributed by atoms with Gasteiger partial charge in [0.2, 0.25) is 0 Å². The fourth-order valence-corrected chi connectivity index (χ4v) is 1.83. The van der Waals surface area contributed by atoms with Crippen molar-refractivity contribution in [1.82, 2.24) is 19.9 Å². The molecule has 0 saturated carbocycles. The summed E-state index contributed by atoms with van der Waals surface area (Å²) in [7, 11) is 0. The number of carboxylic acid groups (broad SMARTS) is 1. The standard InChI is InChI=1S/C9H8N4O4S/c1-3-7(16)11-6-5(10-3)8(17)13-9(12-6)18-2-4(14)15/h2H2,1H3,(H,14,15)(H2,11,12,13,16,17). The van der Waals surface area contributed by atoms with Crippen molar-refractivity contribution in [3.05, 3.63) is 26.4 Å². The molecule has 0 aliphatic rings. The lowest BCUT2D eigenvalue weighted by molar-refractivity contribution is -0.133. The number of thioether (sulfide) groups is 1. The zero-order valence-corrected chi connectivity index (χ0v) is 10.00. The SMILES string of the molecule is Cc1nc2c(=O)[nH]c(SCC(=O)O)nc2[nH]c1=O. The molecule has 94 valence electrons. The first-order valence-electron chi connectivity index (χ1n) is 4.83. The third kappa shape index (κ3) is 2.40. The number of aromatic nitrogens is 4. The number of aromatic amines is 2. The summed E-state index contributed by atoms with van der Waals surface area (Å²) >= 11 is 0.852. The highest BCUT2D eigenvalue weighted by molar-refractivity contribution is 7.99. The minimum absolute atomic E-state index is 0.0202. The lowest BCUT2D eigenvalue weighted by atomic mass is 10.4. The molecule has 0 radical (unpaired) electrons. The van der Waals surface area contributed by atoms with Crippen molar-refractivity contribution >= 4 is 28.9 Å². The highest BCUT2D eigenvalue weighted by Gasteiger charge is 2.09. The van der Waals surface area contributed by atoms with Crippen molar-refractivity contribution in [3.63, 3.8) is 0 Å². The normalized spacial score (nSPS) is 10.7. The van der Waals surface area contributed by atoms with Crippen LogP contribution in [0.25, 0.3) is 11.2 Å². The molecule has 0 fully saturated rings. The van der Waals surface area contributed by atoms with E-state index in [1.807, 2.05) is 0 Å². The molecule has 0 aliphatic heterocycles. The van der Waals surface area contributed by atoms with Crippen molar-refractivity contribution in [2.45, 2.75) is 12.1 Å². The minimum atomic E-state index is -1.03. The second kappa shape index (κ2) is 4.61. The van der Waals surface area contributed by atoms with Crippen LogP contribution in [-0.4, -0.2) is 36.8 Å². The van der Waals surface area contributed by atoms with Gasteiger partial charge in [-0.25, -0.2) is 9.97 Å². The second-order valence-electron chi connectivity index (χ2n) is 3.40. The zero-order chi connectivity index (χ0) is 13.3. The zero-order valence-electron chi connectivity index (χ0n) is 9.18. The number of hydrogen-bond donors (Lipinski definition) is 3. The fraction of sp³-hybridized carbons (Fsp3) is 0.222. The van der Waals surface area contributed by atoms with E-state index in [1.165, 1.54) is 6.92 Å². The molecule has 9 heteroatoms. The van der Waals surface area contributed by atoms with Crippen LogP contribution < -0.4 is 11.1 Å². The number of carboxylic acids is 1. The average molecular weight is 268 g/mol. The Hall–Kier alpha value is -2.16. The van der Waals surface area contributed by atoms with Crippen LogP contribution >= 0.6 is 11.8 Å². The minimum Gasteiger partial charge on any atom is -0.481 e. The van der Waals surface area contributed by atoms with Crippen molar-refractivity contribution < 1.29 is 9.90 Å². The summed E-state index contributed by atoms with van der Waals surface area (Å²) in [5.74, 6) is -1.27. The Labute approximate surface area is 103 Å². The van der Waals surface area contributed by atoms with Gasteiger partial charge in [-0.05, 0) is 6.92 Å². The van der Waals surface area contributed by atoms with E-state index in [0.29, 0.717) is 0 Å². The first kappa shape index (κ1) is 12.3. The van der Waals surface area contributed by atoms with E-state index in [2.05, 4.69) is 19.9 Å². The van der Waals surface area contributed by atoms with Crippen LogP contribution in [0.4, 0.5) is 0 Å². The van der Waals surface area contributed by atoms with Gasteiger partial charge in [-0.1, -0.05) is 11.8 Å². The van der Waals surface area contributed by atoms with Gasteiger partial charge in [0.25, 0.3) is 11.1 Å². The summed E-state index contributed by atoms with van der Waals surface area (Å²) in [6.45, 7) is 1.48. The number of aryl methyl sites for hydroxylation is 1. The van der Waals surface area contributed by atoms with Crippen molar-refractivity contribution in [1.29, 1.82) is 0 Å². The molecule has 2 rings (SSSR count). The van der Waals surface area contributed by atoms with Gasteiger partial charge in [0.15, 0.2) is 16.3 Å². The lowest BCUT2D eigenvalue weighted by Crippen LogP contribution is -2.19. The first-order chi connectivity index (χ1) is 8.47. The third-order valence-corrected chi connectivity index (χ3v) is 2.90. The molecule has 0 amide bonds. The summed E-state index contributed by atoms with van der Waals surface area (Å²) in [6.07, 6.45) is 0. The largest absolute Gasteiger partial charge is 0.481 e. The number of carbonyl (C=O) groups is 1. The maximum Gasteiger partial charge on any atom is 0.313 e. The molecule has 18 heavy (non-hydrogen) atoms. The number of nitrogens with one attached hydrogen (secondary N) is 2. The van der Waals surface area contributed by atoms with E-state index < -0.39 is 17.1 Å². The molecule has 0 saturated heterocycles.